The van der Waals surface area contributed by atoms with E-state index in [1.165, 1.54) is 16.8 Å². The zero-order valence-electron chi connectivity index (χ0n) is 17.2. The standard InChI is InChI=1S/C22H31N3O2/c1-6-26-18-9-8-16(20(12-18)27-7-2)14-25-11-10-19-17(15-25)13-23-21(24-19)22(3,4)5/h8-9,12-13H,6-7,10-11,14-15H2,1-5H3. The van der Waals surface area contributed by atoms with Crippen molar-refractivity contribution in [1.29, 1.82) is 0 Å². The molecule has 27 heavy (non-hydrogen) atoms. The summed E-state index contributed by atoms with van der Waals surface area (Å²) in [4.78, 5) is 11.9. The molecule has 1 aliphatic heterocycles. The highest BCUT2D eigenvalue weighted by Gasteiger charge is 2.23. The van der Waals surface area contributed by atoms with Gasteiger partial charge in [0.2, 0.25) is 0 Å². The Hall–Kier alpha value is -2.14. The number of benzene rings is 1. The molecular weight excluding hydrogens is 338 g/mol. The third kappa shape index (κ3) is 4.78. The van der Waals surface area contributed by atoms with Crippen LogP contribution in [0.3, 0.4) is 0 Å². The molecular formula is C22H31N3O2. The lowest BCUT2D eigenvalue weighted by Gasteiger charge is -2.29. The molecule has 3 rings (SSSR count). The van der Waals surface area contributed by atoms with Gasteiger partial charge in [-0.15, -0.1) is 0 Å². The molecule has 1 aromatic carbocycles. The van der Waals surface area contributed by atoms with Crippen molar-refractivity contribution in [2.24, 2.45) is 0 Å². The third-order valence-electron chi connectivity index (χ3n) is 4.73. The molecule has 5 nitrogen and oxygen atoms in total. The van der Waals surface area contributed by atoms with Gasteiger partial charge in [0.15, 0.2) is 0 Å². The van der Waals surface area contributed by atoms with Crippen LogP contribution in [0.25, 0.3) is 0 Å². The number of hydrogen-bond donors (Lipinski definition) is 0. The van der Waals surface area contributed by atoms with Gasteiger partial charge in [0.05, 0.1) is 13.2 Å². The van der Waals surface area contributed by atoms with Gasteiger partial charge in [-0.25, -0.2) is 9.97 Å². The quantitative estimate of drug-likeness (QED) is 0.766. The van der Waals surface area contributed by atoms with Crippen LogP contribution in [0.2, 0.25) is 0 Å². The van der Waals surface area contributed by atoms with E-state index in [9.17, 15) is 0 Å². The maximum Gasteiger partial charge on any atom is 0.133 e. The summed E-state index contributed by atoms with van der Waals surface area (Å²) >= 11 is 0. The van der Waals surface area contributed by atoms with Gasteiger partial charge in [-0.1, -0.05) is 26.8 Å². The van der Waals surface area contributed by atoms with Gasteiger partial charge in [-0.05, 0) is 19.9 Å². The van der Waals surface area contributed by atoms with Crippen LogP contribution in [0.4, 0.5) is 0 Å². The number of ether oxygens (including phenoxy) is 2. The molecule has 0 atom stereocenters. The summed E-state index contributed by atoms with van der Waals surface area (Å²) < 4.78 is 11.5. The van der Waals surface area contributed by atoms with Crippen molar-refractivity contribution >= 4 is 0 Å². The summed E-state index contributed by atoms with van der Waals surface area (Å²) in [5.41, 5.74) is 3.61. The Morgan fingerprint density at radius 2 is 1.89 bits per heavy atom. The number of aromatic nitrogens is 2. The van der Waals surface area contributed by atoms with Gasteiger partial charge >= 0.3 is 0 Å². The first-order valence-corrected chi connectivity index (χ1v) is 9.86. The molecule has 0 radical (unpaired) electrons. The van der Waals surface area contributed by atoms with Crippen LogP contribution in [-0.2, 0) is 24.9 Å². The summed E-state index contributed by atoms with van der Waals surface area (Å²) in [5, 5.41) is 0. The average Bonchev–Trinajstić information content (AvgIpc) is 2.63. The minimum absolute atomic E-state index is 0.0130. The van der Waals surface area contributed by atoms with Gasteiger partial charge < -0.3 is 9.47 Å². The molecule has 2 heterocycles. The monoisotopic (exact) mass is 369 g/mol. The highest BCUT2D eigenvalue weighted by Crippen LogP contribution is 2.28. The Bertz CT molecular complexity index is 784. The minimum atomic E-state index is -0.0130. The molecule has 0 fully saturated rings. The van der Waals surface area contributed by atoms with Gasteiger partial charge in [0.25, 0.3) is 0 Å². The Morgan fingerprint density at radius 1 is 1.11 bits per heavy atom. The van der Waals surface area contributed by atoms with Gasteiger partial charge in [-0.2, -0.15) is 0 Å². The largest absolute Gasteiger partial charge is 0.494 e. The summed E-state index contributed by atoms with van der Waals surface area (Å²) in [6.45, 7) is 14.5. The SMILES string of the molecule is CCOc1ccc(CN2CCc3nc(C(C)(C)C)ncc3C2)c(OCC)c1. The number of nitrogens with zero attached hydrogens (tertiary/aromatic N) is 3. The van der Waals surface area contributed by atoms with Crippen molar-refractivity contribution < 1.29 is 9.47 Å². The fourth-order valence-electron chi connectivity index (χ4n) is 3.32. The second-order valence-corrected chi connectivity index (χ2v) is 8.01. The van der Waals surface area contributed by atoms with E-state index in [1.54, 1.807) is 0 Å². The summed E-state index contributed by atoms with van der Waals surface area (Å²) in [6.07, 6.45) is 2.97. The van der Waals surface area contributed by atoms with Gasteiger partial charge in [0.1, 0.15) is 17.3 Å². The topological polar surface area (TPSA) is 47.5 Å². The summed E-state index contributed by atoms with van der Waals surface area (Å²) in [6, 6.07) is 6.14. The average molecular weight is 370 g/mol. The van der Waals surface area contributed by atoms with E-state index >= 15 is 0 Å². The normalized spacial score (nSPS) is 14.7. The van der Waals surface area contributed by atoms with Crippen molar-refractivity contribution in [3.8, 4) is 11.5 Å². The van der Waals surface area contributed by atoms with Crippen LogP contribution in [0.15, 0.2) is 24.4 Å². The first-order chi connectivity index (χ1) is 12.9. The van der Waals surface area contributed by atoms with Crippen LogP contribution >= 0.6 is 0 Å². The van der Waals surface area contributed by atoms with E-state index < -0.39 is 0 Å². The van der Waals surface area contributed by atoms with E-state index in [1.807, 2.05) is 32.2 Å². The highest BCUT2D eigenvalue weighted by molar-refractivity contribution is 5.41. The predicted octanol–water partition coefficient (Wildman–Crippen LogP) is 4.13. The molecule has 2 aromatic rings. The molecule has 0 amide bonds. The summed E-state index contributed by atoms with van der Waals surface area (Å²) in [5.74, 6) is 2.70. The fraction of sp³-hybridized carbons (Fsp3) is 0.545. The van der Waals surface area contributed by atoms with Crippen molar-refractivity contribution in [1.82, 2.24) is 14.9 Å². The Kier molecular flexibility index (Phi) is 6.00. The van der Waals surface area contributed by atoms with Crippen molar-refractivity contribution in [2.45, 2.75) is 59.5 Å². The first-order valence-electron chi connectivity index (χ1n) is 9.86. The van der Waals surface area contributed by atoms with E-state index in [-0.39, 0.29) is 5.41 Å². The second-order valence-electron chi connectivity index (χ2n) is 8.01. The molecule has 0 spiro atoms. The lowest BCUT2D eigenvalue weighted by atomic mass is 9.95. The van der Waals surface area contributed by atoms with Crippen LogP contribution in [-0.4, -0.2) is 34.6 Å². The van der Waals surface area contributed by atoms with Gasteiger partial charge in [-0.3, -0.25) is 4.90 Å². The first kappa shape index (κ1) is 19.6. The Morgan fingerprint density at radius 3 is 2.59 bits per heavy atom. The van der Waals surface area contributed by atoms with E-state index in [4.69, 9.17) is 14.5 Å². The Labute approximate surface area is 162 Å². The van der Waals surface area contributed by atoms with Gasteiger partial charge in [0, 0.05) is 60.6 Å². The van der Waals surface area contributed by atoms with Crippen LogP contribution in [0.1, 0.15) is 57.3 Å². The lowest BCUT2D eigenvalue weighted by Crippen LogP contribution is -2.32. The Balaban J connectivity index is 1.74. The van der Waals surface area contributed by atoms with Crippen molar-refractivity contribution in [3.05, 3.63) is 47.0 Å². The molecule has 1 aromatic heterocycles. The molecule has 5 heteroatoms. The van der Waals surface area contributed by atoms with E-state index in [0.717, 1.165) is 43.4 Å². The molecule has 0 unspecified atom stereocenters. The number of rotatable bonds is 6. The maximum atomic E-state index is 5.86. The molecule has 146 valence electrons. The molecule has 0 saturated carbocycles. The number of hydrogen-bond acceptors (Lipinski definition) is 5. The zero-order valence-corrected chi connectivity index (χ0v) is 17.2. The molecule has 0 saturated heterocycles. The zero-order chi connectivity index (χ0) is 19.4. The van der Waals surface area contributed by atoms with Crippen molar-refractivity contribution in [2.75, 3.05) is 19.8 Å². The molecule has 0 N–H and O–H groups in total. The molecule has 0 aliphatic carbocycles. The lowest BCUT2D eigenvalue weighted by molar-refractivity contribution is 0.235. The molecule has 1 aliphatic rings. The minimum Gasteiger partial charge on any atom is -0.494 e. The highest BCUT2D eigenvalue weighted by atomic mass is 16.5. The van der Waals surface area contributed by atoms with Crippen LogP contribution < -0.4 is 9.47 Å². The summed E-state index contributed by atoms with van der Waals surface area (Å²) in [7, 11) is 0. The van der Waals surface area contributed by atoms with Crippen molar-refractivity contribution in [3.63, 3.8) is 0 Å². The maximum absolute atomic E-state index is 5.86. The predicted molar refractivity (Wildman–Crippen MR) is 107 cm³/mol. The third-order valence-corrected chi connectivity index (χ3v) is 4.73. The smallest absolute Gasteiger partial charge is 0.133 e. The molecule has 0 bridgehead atoms. The fourth-order valence-corrected chi connectivity index (χ4v) is 3.32. The van der Waals surface area contributed by atoms with Crippen LogP contribution in [0, 0.1) is 0 Å². The van der Waals surface area contributed by atoms with E-state index in [2.05, 4.69) is 36.7 Å². The van der Waals surface area contributed by atoms with Crippen LogP contribution in [0.5, 0.6) is 11.5 Å². The second kappa shape index (κ2) is 8.26. The number of fused-ring (bicyclic) bond motifs is 1. The van der Waals surface area contributed by atoms with E-state index in [0.29, 0.717) is 13.2 Å².